The van der Waals surface area contributed by atoms with Crippen molar-refractivity contribution in [3.63, 3.8) is 0 Å². The van der Waals surface area contributed by atoms with Gasteiger partial charge in [-0.2, -0.15) is 8.78 Å². The first kappa shape index (κ1) is 27.4. The van der Waals surface area contributed by atoms with Crippen LogP contribution < -0.4 is 10.1 Å². The Bertz CT molecular complexity index is 1250. The molecular weight excluding hydrogens is 493 g/mol. The molecule has 2 aromatic rings. The summed E-state index contributed by atoms with van der Waals surface area (Å²) in [6, 6.07) is 2.83. The van der Waals surface area contributed by atoms with E-state index in [4.69, 9.17) is 20.6 Å². The first-order valence-corrected chi connectivity index (χ1v) is 11.0. The van der Waals surface area contributed by atoms with Gasteiger partial charge in [0.25, 0.3) is 6.02 Å². The molecule has 1 aliphatic heterocycles. The van der Waals surface area contributed by atoms with Gasteiger partial charge in [0.15, 0.2) is 24.5 Å². The number of alkyl halides is 2. The van der Waals surface area contributed by atoms with E-state index in [0.717, 1.165) is 19.1 Å². The molecule has 0 aliphatic carbocycles. The number of terminal acetylenes is 1. The zero-order chi connectivity index (χ0) is 27.4. The van der Waals surface area contributed by atoms with Gasteiger partial charge < -0.3 is 14.2 Å². The van der Waals surface area contributed by atoms with Gasteiger partial charge in [0.2, 0.25) is 5.88 Å². The Morgan fingerprint density at radius 3 is 2.59 bits per heavy atom. The largest absolute Gasteiger partial charge is 0.463 e. The van der Waals surface area contributed by atoms with Gasteiger partial charge in [0.05, 0.1) is 12.4 Å². The number of benzene rings is 1. The summed E-state index contributed by atoms with van der Waals surface area (Å²) in [5.41, 5.74) is -3.59. The number of carbonyl (C=O) groups is 2. The van der Waals surface area contributed by atoms with Crippen molar-refractivity contribution in [2.75, 3.05) is 13.2 Å². The Morgan fingerprint density at radius 1 is 1.24 bits per heavy atom. The van der Waals surface area contributed by atoms with Crippen LogP contribution in [0.15, 0.2) is 35.6 Å². The summed E-state index contributed by atoms with van der Waals surface area (Å²) in [5, 5.41) is 2.16. The summed E-state index contributed by atoms with van der Waals surface area (Å²) in [5.74, 6) is -2.73. The van der Waals surface area contributed by atoms with Gasteiger partial charge in [-0.3, -0.25) is 4.79 Å². The lowest BCUT2D eigenvalue weighted by molar-refractivity contribution is -0.118. The maximum atomic E-state index is 15.0. The van der Waals surface area contributed by atoms with E-state index in [1.807, 2.05) is 0 Å². The summed E-state index contributed by atoms with van der Waals surface area (Å²) in [4.78, 5) is 36.5. The minimum absolute atomic E-state index is 0.0107. The third-order valence-electron chi connectivity index (χ3n) is 5.17. The van der Waals surface area contributed by atoms with Crippen molar-refractivity contribution in [1.29, 1.82) is 0 Å². The first-order valence-electron chi connectivity index (χ1n) is 11.0. The molecule has 0 spiro atoms. The molecule has 12 heteroatoms. The van der Waals surface area contributed by atoms with Gasteiger partial charge in [-0.1, -0.05) is 12.0 Å². The molecule has 0 unspecified atom stereocenters. The molecule has 1 aromatic carbocycles. The van der Waals surface area contributed by atoms with Crippen LogP contribution in [-0.2, 0) is 21.4 Å². The standard InChI is InChI=1S/C25H25F3N4O5/c1-6-9-35-20-13-29-18(12-30-20)19(33)11-15-7-8-17(26)16(10-15)24(5)25(27,28)14-36-21(32-24)31-22(34)37-23(2,3)4/h1,7-8,10,12-13H,9,11,14H2,2-5H3,(H,31,32,34)/t24-/m1/s1. The summed E-state index contributed by atoms with van der Waals surface area (Å²) < 4.78 is 60.0. The Kier molecular flexibility index (Phi) is 7.76. The number of Topliss-reactive ketones (excluding diaryl/α,β-unsaturated/α-hetero) is 1. The number of halogens is 3. The molecular formula is C25H25F3N4O5. The quantitative estimate of drug-likeness (QED) is 0.457. The third-order valence-corrected chi connectivity index (χ3v) is 5.17. The number of hydrogen-bond acceptors (Lipinski definition) is 8. The van der Waals surface area contributed by atoms with Crippen molar-refractivity contribution >= 4 is 17.9 Å². The number of ether oxygens (including phenoxy) is 3. The topological polar surface area (TPSA) is 112 Å². The molecule has 1 aliphatic rings. The summed E-state index contributed by atoms with van der Waals surface area (Å²) >= 11 is 0. The molecule has 3 rings (SSSR count). The summed E-state index contributed by atoms with van der Waals surface area (Å²) in [6.07, 6.45) is 6.25. The molecule has 2 heterocycles. The summed E-state index contributed by atoms with van der Waals surface area (Å²) in [7, 11) is 0. The number of hydrogen-bond donors (Lipinski definition) is 1. The predicted octanol–water partition coefficient (Wildman–Crippen LogP) is 3.81. The minimum Gasteiger partial charge on any atom is -0.463 e. The normalized spacial score (nSPS) is 18.6. The molecule has 0 fully saturated rings. The molecule has 0 bridgehead atoms. The number of rotatable bonds is 6. The number of carbonyl (C=O) groups excluding carboxylic acids is 2. The fourth-order valence-corrected chi connectivity index (χ4v) is 3.31. The number of aromatic nitrogens is 2. The average molecular weight is 518 g/mol. The molecule has 1 N–H and O–H groups in total. The second-order valence-corrected chi connectivity index (χ2v) is 9.26. The number of amides is 1. The maximum absolute atomic E-state index is 15.0. The van der Waals surface area contributed by atoms with Gasteiger partial charge in [0.1, 0.15) is 17.1 Å². The Morgan fingerprint density at radius 2 is 1.97 bits per heavy atom. The van der Waals surface area contributed by atoms with E-state index in [1.54, 1.807) is 20.8 Å². The first-order chi connectivity index (χ1) is 17.2. The molecule has 196 valence electrons. The molecule has 1 amide bonds. The lowest BCUT2D eigenvalue weighted by atomic mass is 9.84. The number of nitrogens with one attached hydrogen (secondary N) is 1. The van der Waals surface area contributed by atoms with Crippen LogP contribution in [0.5, 0.6) is 5.88 Å². The van der Waals surface area contributed by atoms with E-state index in [-0.39, 0.29) is 30.2 Å². The van der Waals surface area contributed by atoms with Crippen molar-refractivity contribution in [2.24, 2.45) is 4.99 Å². The second-order valence-electron chi connectivity index (χ2n) is 9.26. The summed E-state index contributed by atoms with van der Waals surface area (Å²) in [6.45, 7) is 4.66. The SMILES string of the molecule is C#CCOc1cnc(C(=O)Cc2ccc(F)c([C@@]3(C)N=C(NC(=O)OC(C)(C)C)OCC3(F)F)c2)cn1. The number of alkyl carbamates (subject to hydrolysis) is 1. The highest BCUT2D eigenvalue weighted by molar-refractivity contribution is 5.95. The Hall–Kier alpha value is -4.14. The van der Waals surface area contributed by atoms with Crippen LogP contribution in [0.4, 0.5) is 18.0 Å². The highest BCUT2D eigenvalue weighted by atomic mass is 19.3. The van der Waals surface area contributed by atoms with Crippen LogP contribution in [0.3, 0.4) is 0 Å². The average Bonchev–Trinajstić information content (AvgIpc) is 2.80. The molecule has 1 aromatic heterocycles. The lowest BCUT2D eigenvalue weighted by Gasteiger charge is -2.38. The number of ketones is 1. The molecule has 1 atom stereocenters. The van der Waals surface area contributed by atoms with Gasteiger partial charge in [-0.25, -0.2) is 29.5 Å². The van der Waals surface area contributed by atoms with Crippen LogP contribution in [0.2, 0.25) is 0 Å². The van der Waals surface area contributed by atoms with Gasteiger partial charge in [-0.15, -0.1) is 6.42 Å². The van der Waals surface area contributed by atoms with Gasteiger partial charge >= 0.3 is 12.0 Å². The van der Waals surface area contributed by atoms with E-state index in [1.165, 1.54) is 18.5 Å². The molecule has 0 radical (unpaired) electrons. The van der Waals surface area contributed by atoms with Crippen molar-refractivity contribution in [3.8, 4) is 18.2 Å². The highest BCUT2D eigenvalue weighted by Crippen LogP contribution is 2.44. The van der Waals surface area contributed by atoms with Crippen molar-refractivity contribution < 1.29 is 37.0 Å². The predicted molar refractivity (Wildman–Crippen MR) is 126 cm³/mol. The molecule has 37 heavy (non-hydrogen) atoms. The van der Waals surface area contributed by atoms with Gasteiger partial charge in [-0.05, 0) is 45.4 Å². The fraction of sp³-hybridized carbons (Fsp3) is 0.400. The van der Waals surface area contributed by atoms with Crippen molar-refractivity contribution in [1.82, 2.24) is 15.3 Å². The number of nitrogens with zero attached hydrogens (tertiary/aromatic N) is 3. The fourth-order valence-electron chi connectivity index (χ4n) is 3.31. The second kappa shape index (κ2) is 10.5. The maximum Gasteiger partial charge on any atom is 0.415 e. The van der Waals surface area contributed by atoms with E-state index in [9.17, 15) is 14.0 Å². The van der Waals surface area contributed by atoms with Crippen LogP contribution in [0.1, 0.15) is 49.3 Å². The van der Waals surface area contributed by atoms with E-state index < -0.39 is 52.9 Å². The zero-order valence-corrected chi connectivity index (χ0v) is 20.6. The lowest BCUT2D eigenvalue weighted by Crippen LogP contribution is -2.53. The van der Waals surface area contributed by atoms with E-state index in [0.29, 0.717) is 0 Å². The molecule has 0 saturated carbocycles. The highest BCUT2D eigenvalue weighted by Gasteiger charge is 2.56. The monoisotopic (exact) mass is 518 g/mol. The number of aliphatic imine (C=N–C) groups is 1. The van der Waals surface area contributed by atoms with E-state index in [2.05, 4.69) is 26.2 Å². The van der Waals surface area contributed by atoms with Crippen LogP contribution in [0.25, 0.3) is 0 Å². The third kappa shape index (κ3) is 6.55. The Labute approximate surface area is 211 Å². The van der Waals surface area contributed by atoms with Crippen molar-refractivity contribution in [3.05, 3.63) is 53.2 Å². The molecule has 0 saturated heterocycles. The van der Waals surface area contributed by atoms with Crippen LogP contribution in [0, 0.1) is 18.2 Å². The Balaban J connectivity index is 1.87. The minimum atomic E-state index is -3.66. The smallest absolute Gasteiger partial charge is 0.415 e. The van der Waals surface area contributed by atoms with Crippen LogP contribution >= 0.6 is 0 Å². The van der Waals surface area contributed by atoms with Gasteiger partial charge in [0, 0.05) is 12.0 Å². The molecule has 9 nitrogen and oxygen atoms in total. The van der Waals surface area contributed by atoms with E-state index >= 15 is 8.78 Å². The van der Waals surface area contributed by atoms with Crippen LogP contribution in [-0.4, -0.2) is 52.6 Å². The van der Waals surface area contributed by atoms with Crippen molar-refractivity contribution in [2.45, 2.75) is 51.2 Å². The zero-order valence-electron chi connectivity index (χ0n) is 20.6. The number of amidine groups is 1.